The number of aliphatic imine (C=N–C) groups is 1. The fraction of sp³-hybridized carbons (Fsp3) is 0.533. The number of hydrogen-bond acceptors (Lipinski definition) is 1. The van der Waals surface area contributed by atoms with E-state index in [0.717, 1.165) is 23.9 Å². The molecule has 20 heavy (non-hydrogen) atoms. The lowest BCUT2D eigenvalue weighted by Gasteiger charge is -2.13. The van der Waals surface area contributed by atoms with Crippen molar-refractivity contribution < 1.29 is 0 Å². The molecule has 0 saturated heterocycles. The molecule has 0 spiro atoms. The quantitative estimate of drug-likeness (QED) is 0.454. The van der Waals surface area contributed by atoms with Crippen molar-refractivity contribution in [2.45, 2.75) is 32.2 Å². The van der Waals surface area contributed by atoms with Crippen molar-refractivity contribution in [1.29, 1.82) is 0 Å². The SMILES string of the molecule is CN=C(NCC(C)C)NC1CC1c1cccc(Cl)c1.I. The second-order valence-electron chi connectivity index (χ2n) is 5.49. The van der Waals surface area contributed by atoms with E-state index in [9.17, 15) is 0 Å². The van der Waals surface area contributed by atoms with E-state index in [0.29, 0.717) is 17.9 Å². The Morgan fingerprint density at radius 3 is 2.80 bits per heavy atom. The molecule has 1 fully saturated rings. The highest BCUT2D eigenvalue weighted by Crippen LogP contribution is 2.41. The largest absolute Gasteiger partial charge is 0.356 e. The maximum atomic E-state index is 6.03. The summed E-state index contributed by atoms with van der Waals surface area (Å²) in [4.78, 5) is 4.25. The van der Waals surface area contributed by atoms with Crippen LogP contribution in [0.25, 0.3) is 0 Å². The second-order valence-corrected chi connectivity index (χ2v) is 5.93. The minimum absolute atomic E-state index is 0. The summed E-state index contributed by atoms with van der Waals surface area (Å²) in [6.45, 7) is 5.31. The van der Waals surface area contributed by atoms with Crippen LogP contribution in [0.1, 0.15) is 31.7 Å². The Morgan fingerprint density at radius 2 is 2.20 bits per heavy atom. The molecule has 0 aliphatic heterocycles. The van der Waals surface area contributed by atoms with Gasteiger partial charge in [0.05, 0.1) is 0 Å². The van der Waals surface area contributed by atoms with Gasteiger partial charge in [-0.3, -0.25) is 4.99 Å². The van der Waals surface area contributed by atoms with Crippen molar-refractivity contribution in [2.75, 3.05) is 13.6 Å². The zero-order chi connectivity index (χ0) is 13.8. The van der Waals surface area contributed by atoms with Crippen LogP contribution in [0.2, 0.25) is 5.02 Å². The topological polar surface area (TPSA) is 36.4 Å². The van der Waals surface area contributed by atoms with E-state index >= 15 is 0 Å². The Kier molecular flexibility index (Phi) is 7.09. The van der Waals surface area contributed by atoms with E-state index in [1.165, 1.54) is 5.56 Å². The van der Waals surface area contributed by atoms with E-state index < -0.39 is 0 Å². The molecule has 0 radical (unpaired) electrons. The van der Waals surface area contributed by atoms with Crippen molar-refractivity contribution in [3.05, 3.63) is 34.9 Å². The number of nitrogens with zero attached hydrogens (tertiary/aromatic N) is 1. The monoisotopic (exact) mass is 407 g/mol. The highest BCUT2D eigenvalue weighted by Gasteiger charge is 2.39. The average molecular weight is 408 g/mol. The highest BCUT2D eigenvalue weighted by atomic mass is 127. The molecule has 2 unspecified atom stereocenters. The summed E-state index contributed by atoms with van der Waals surface area (Å²) >= 11 is 6.03. The lowest BCUT2D eigenvalue weighted by atomic mass is 10.1. The van der Waals surface area contributed by atoms with Gasteiger partial charge in [0.25, 0.3) is 0 Å². The Hall–Kier alpha value is -0.490. The summed E-state index contributed by atoms with van der Waals surface area (Å²) in [5.74, 6) is 2.06. The van der Waals surface area contributed by atoms with E-state index in [1.807, 2.05) is 19.2 Å². The molecular formula is C15H23ClIN3. The van der Waals surface area contributed by atoms with Gasteiger partial charge in [-0.15, -0.1) is 24.0 Å². The molecule has 5 heteroatoms. The zero-order valence-electron chi connectivity index (χ0n) is 12.2. The van der Waals surface area contributed by atoms with Crippen LogP contribution in [0.4, 0.5) is 0 Å². The number of rotatable bonds is 4. The van der Waals surface area contributed by atoms with Crippen LogP contribution < -0.4 is 10.6 Å². The molecule has 0 aromatic heterocycles. The standard InChI is InChI=1S/C15H22ClN3.HI/c1-10(2)9-18-15(17-3)19-14-8-13(14)11-5-4-6-12(16)7-11;/h4-7,10,13-14H,8-9H2,1-3H3,(H2,17,18,19);1H. The Bertz CT molecular complexity index is 462. The first-order chi connectivity index (χ1) is 9.10. The Labute approximate surface area is 143 Å². The first-order valence-electron chi connectivity index (χ1n) is 6.82. The smallest absolute Gasteiger partial charge is 0.191 e. The summed E-state index contributed by atoms with van der Waals surface area (Å²) < 4.78 is 0. The number of halogens is 2. The summed E-state index contributed by atoms with van der Waals surface area (Å²) in [6.07, 6.45) is 1.14. The molecular weight excluding hydrogens is 385 g/mol. The zero-order valence-corrected chi connectivity index (χ0v) is 15.3. The van der Waals surface area contributed by atoms with Crippen LogP contribution in [0, 0.1) is 5.92 Å². The van der Waals surface area contributed by atoms with Crippen LogP contribution in [0.3, 0.4) is 0 Å². The normalized spacial score (nSPS) is 21.4. The molecule has 1 saturated carbocycles. The molecule has 0 bridgehead atoms. The number of hydrogen-bond donors (Lipinski definition) is 2. The van der Waals surface area contributed by atoms with E-state index in [1.54, 1.807) is 0 Å². The molecule has 1 aromatic rings. The van der Waals surface area contributed by atoms with Crippen LogP contribution in [0.5, 0.6) is 0 Å². The van der Waals surface area contributed by atoms with Gasteiger partial charge in [0.2, 0.25) is 0 Å². The molecule has 3 nitrogen and oxygen atoms in total. The lowest BCUT2D eigenvalue weighted by molar-refractivity contribution is 0.613. The minimum Gasteiger partial charge on any atom is -0.356 e. The molecule has 0 heterocycles. The Morgan fingerprint density at radius 1 is 1.45 bits per heavy atom. The van der Waals surface area contributed by atoms with E-state index in [-0.39, 0.29) is 24.0 Å². The fourth-order valence-corrected chi connectivity index (χ4v) is 2.33. The van der Waals surface area contributed by atoms with Gasteiger partial charge in [0.1, 0.15) is 0 Å². The fourth-order valence-electron chi connectivity index (χ4n) is 2.13. The molecule has 112 valence electrons. The van der Waals surface area contributed by atoms with Gasteiger partial charge < -0.3 is 10.6 Å². The van der Waals surface area contributed by atoms with Crippen LogP contribution in [0.15, 0.2) is 29.3 Å². The van der Waals surface area contributed by atoms with Gasteiger partial charge in [-0.05, 0) is 30.0 Å². The van der Waals surface area contributed by atoms with Gasteiger partial charge in [-0.1, -0.05) is 37.6 Å². The molecule has 2 rings (SSSR count). The Balaban J connectivity index is 0.00000200. The van der Waals surface area contributed by atoms with Crippen molar-refractivity contribution in [3.63, 3.8) is 0 Å². The van der Waals surface area contributed by atoms with Gasteiger partial charge in [-0.2, -0.15) is 0 Å². The van der Waals surface area contributed by atoms with Gasteiger partial charge in [0.15, 0.2) is 5.96 Å². The molecule has 1 aliphatic carbocycles. The second kappa shape index (κ2) is 8.08. The molecule has 2 N–H and O–H groups in total. The maximum Gasteiger partial charge on any atom is 0.191 e. The first kappa shape index (κ1) is 17.6. The number of benzene rings is 1. The number of nitrogens with one attached hydrogen (secondary N) is 2. The van der Waals surface area contributed by atoms with E-state index in [4.69, 9.17) is 11.6 Å². The molecule has 0 amide bonds. The lowest BCUT2D eigenvalue weighted by Crippen LogP contribution is -2.40. The predicted octanol–water partition coefficient (Wildman–Crippen LogP) is 3.63. The van der Waals surface area contributed by atoms with Crippen LogP contribution in [-0.2, 0) is 0 Å². The highest BCUT2D eigenvalue weighted by molar-refractivity contribution is 14.0. The van der Waals surface area contributed by atoms with Crippen LogP contribution in [-0.4, -0.2) is 25.6 Å². The van der Waals surface area contributed by atoms with Crippen molar-refractivity contribution >= 4 is 41.5 Å². The van der Waals surface area contributed by atoms with Crippen molar-refractivity contribution in [1.82, 2.24) is 10.6 Å². The number of guanidine groups is 1. The third-order valence-electron chi connectivity index (χ3n) is 3.29. The summed E-state index contributed by atoms with van der Waals surface area (Å²) in [5.41, 5.74) is 1.31. The predicted molar refractivity (Wildman–Crippen MR) is 97.3 cm³/mol. The third kappa shape index (κ3) is 5.13. The molecule has 1 aromatic carbocycles. The summed E-state index contributed by atoms with van der Waals surface area (Å²) in [6, 6.07) is 8.59. The maximum absolute atomic E-state index is 6.03. The molecule has 2 atom stereocenters. The minimum atomic E-state index is 0. The average Bonchev–Trinajstić information content (AvgIpc) is 3.13. The van der Waals surface area contributed by atoms with E-state index in [2.05, 4.69) is 41.6 Å². The van der Waals surface area contributed by atoms with Gasteiger partial charge in [-0.25, -0.2) is 0 Å². The molecule has 1 aliphatic rings. The van der Waals surface area contributed by atoms with Gasteiger partial charge >= 0.3 is 0 Å². The van der Waals surface area contributed by atoms with Crippen molar-refractivity contribution in [3.8, 4) is 0 Å². The van der Waals surface area contributed by atoms with Crippen molar-refractivity contribution in [2.24, 2.45) is 10.9 Å². The van der Waals surface area contributed by atoms with Gasteiger partial charge in [0, 0.05) is 30.6 Å². The summed E-state index contributed by atoms with van der Waals surface area (Å²) in [5, 5.41) is 7.61. The summed E-state index contributed by atoms with van der Waals surface area (Å²) in [7, 11) is 1.81. The van der Waals surface area contributed by atoms with Crippen LogP contribution >= 0.6 is 35.6 Å². The third-order valence-corrected chi connectivity index (χ3v) is 3.53. The first-order valence-corrected chi connectivity index (χ1v) is 7.20.